The van der Waals surface area contributed by atoms with E-state index in [0.717, 1.165) is 23.8 Å². The number of nitrogens with one attached hydrogen (secondary N) is 2. The van der Waals surface area contributed by atoms with Crippen molar-refractivity contribution in [2.45, 2.75) is 69.2 Å². The number of hydrogen-bond donors (Lipinski definition) is 2. The van der Waals surface area contributed by atoms with Crippen molar-refractivity contribution in [2.75, 3.05) is 39.5 Å². The molecule has 0 bridgehead atoms. The number of fused-ring (bicyclic) bond motifs is 1. The molecule has 1 saturated carbocycles. The molecule has 0 spiro atoms. The Kier molecular flexibility index (Phi) is 8.61. The molecular formula is C31H38F4N8O2. The molecule has 2 fully saturated rings. The average Bonchev–Trinajstić information content (AvgIpc) is 3.79. The zero-order chi connectivity index (χ0) is 31.9. The van der Waals surface area contributed by atoms with Gasteiger partial charge in [0.05, 0.1) is 29.4 Å². The van der Waals surface area contributed by atoms with Crippen LogP contribution < -0.4 is 10.6 Å². The van der Waals surface area contributed by atoms with Gasteiger partial charge in [-0.1, -0.05) is 11.2 Å². The van der Waals surface area contributed by atoms with Gasteiger partial charge in [-0.2, -0.15) is 18.2 Å². The molecule has 4 heterocycles. The SMILES string of the molecule is CN1CC[C@@H](Nc2cccc3c2cc(-c2noc(CNC(=O)c4ccn([C@@H]5CC[C@@H](N(C)C)C5)c4)n2)n3CC(F)(F)F)[C@@H](F)C1. The fourth-order valence-corrected chi connectivity index (χ4v) is 6.50. The number of benzene rings is 1. The van der Waals surface area contributed by atoms with Crippen LogP contribution in [0.15, 0.2) is 47.2 Å². The summed E-state index contributed by atoms with van der Waals surface area (Å²) in [5, 5.41) is 10.4. The molecule has 242 valence electrons. The lowest BCUT2D eigenvalue weighted by Crippen LogP contribution is -2.46. The maximum atomic E-state index is 14.8. The number of aromatic nitrogens is 4. The van der Waals surface area contributed by atoms with E-state index in [4.69, 9.17) is 4.52 Å². The zero-order valence-corrected chi connectivity index (χ0v) is 25.5. The van der Waals surface area contributed by atoms with Crippen LogP contribution in [0.2, 0.25) is 0 Å². The first kappa shape index (κ1) is 31.1. The average molecular weight is 631 g/mol. The van der Waals surface area contributed by atoms with Crippen molar-refractivity contribution in [1.29, 1.82) is 0 Å². The van der Waals surface area contributed by atoms with E-state index in [-0.39, 0.29) is 36.4 Å². The Labute approximate surface area is 258 Å². The summed E-state index contributed by atoms with van der Waals surface area (Å²) in [7, 11) is 6.01. The number of anilines is 1. The molecule has 4 aromatic rings. The molecular weight excluding hydrogens is 592 g/mol. The molecule has 3 aromatic heterocycles. The van der Waals surface area contributed by atoms with Gasteiger partial charge >= 0.3 is 6.18 Å². The molecule has 0 unspecified atom stereocenters. The summed E-state index contributed by atoms with van der Waals surface area (Å²) < 4.78 is 64.5. The number of carbonyl (C=O) groups is 1. The third kappa shape index (κ3) is 6.86. The number of amides is 1. The number of carbonyl (C=O) groups excluding carboxylic acids is 1. The standard InChI is InChI=1S/C31H38F4N8O2/c1-40(2)20-7-8-21(13-20)42-12-9-19(16-42)30(44)36-15-28-38-29(39-45-28)27-14-22-24(37-25-10-11-41(3)17-23(25)32)5-4-6-26(22)43(27)18-31(33,34)35/h4-6,9,12,14,16,20-21,23,25,37H,7-8,10-11,13,15,17-18H2,1-3H3,(H,36,44)/t20-,21-,23+,25-/m1/s1. The highest BCUT2D eigenvalue weighted by molar-refractivity contribution is 5.96. The van der Waals surface area contributed by atoms with Crippen molar-refractivity contribution in [3.63, 3.8) is 0 Å². The maximum Gasteiger partial charge on any atom is 0.406 e. The highest BCUT2D eigenvalue weighted by atomic mass is 19.4. The maximum absolute atomic E-state index is 14.8. The van der Waals surface area contributed by atoms with Crippen LogP contribution in [0.1, 0.15) is 48.0 Å². The van der Waals surface area contributed by atoms with Gasteiger partial charge in [0.1, 0.15) is 12.7 Å². The van der Waals surface area contributed by atoms with Crippen molar-refractivity contribution in [1.82, 2.24) is 34.4 Å². The summed E-state index contributed by atoms with van der Waals surface area (Å²) in [5.41, 5.74) is 1.43. The summed E-state index contributed by atoms with van der Waals surface area (Å²) in [4.78, 5) is 21.3. The molecule has 1 aromatic carbocycles. The number of halogens is 4. The molecule has 2 aliphatic rings. The van der Waals surface area contributed by atoms with E-state index < -0.39 is 24.9 Å². The van der Waals surface area contributed by atoms with E-state index in [0.29, 0.717) is 47.2 Å². The number of hydrogen-bond acceptors (Lipinski definition) is 7. The van der Waals surface area contributed by atoms with Gasteiger partial charge in [-0.15, -0.1) is 0 Å². The second-order valence-electron chi connectivity index (χ2n) is 12.4. The van der Waals surface area contributed by atoms with Gasteiger partial charge in [0.25, 0.3) is 5.91 Å². The van der Waals surface area contributed by atoms with E-state index in [1.807, 2.05) is 24.3 Å². The van der Waals surface area contributed by atoms with Gasteiger partial charge in [0, 0.05) is 48.6 Å². The van der Waals surface area contributed by atoms with Crippen LogP contribution >= 0.6 is 0 Å². The summed E-state index contributed by atoms with van der Waals surface area (Å²) in [6, 6.07) is 8.65. The Balaban J connectivity index is 1.18. The highest BCUT2D eigenvalue weighted by Crippen LogP contribution is 2.35. The first-order chi connectivity index (χ1) is 21.4. The first-order valence-corrected chi connectivity index (χ1v) is 15.2. The predicted octanol–water partition coefficient (Wildman–Crippen LogP) is 5.09. The fraction of sp³-hybridized carbons (Fsp3) is 0.516. The van der Waals surface area contributed by atoms with Crippen LogP contribution in [-0.4, -0.2) is 93.6 Å². The van der Waals surface area contributed by atoms with E-state index >= 15 is 0 Å². The number of alkyl halides is 4. The lowest BCUT2D eigenvalue weighted by atomic mass is 10.0. The first-order valence-electron chi connectivity index (χ1n) is 15.2. The third-order valence-corrected chi connectivity index (χ3v) is 8.97. The minimum Gasteiger partial charge on any atom is -0.379 e. The van der Waals surface area contributed by atoms with Crippen molar-refractivity contribution < 1.29 is 26.9 Å². The van der Waals surface area contributed by atoms with Crippen molar-refractivity contribution in [3.05, 3.63) is 54.2 Å². The highest BCUT2D eigenvalue weighted by Gasteiger charge is 2.33. The number of rotatable bonds is 9. The van der Waals surface area contributed by atoms with Crippen LogP contribution in [0, 0.1) is 0 Å². The number of nitrogens with zero attached hydrogens (tertiary/aromatic N) is 6. The summed E-state index contributed by atoms with van der Waals surface area (Å²) >= 11 is 0. The molecule has 1 amide bonds. The Morgan fingerprint density at radius 2 is 2.00 bits per heavy atom. The van der Waals surface area contributed by atoms with E-state index in [1.165, 1.54) is 0 Å². The Hall–Kier alpha value is -3.91. The minimum atomic E-state index is -4.52. The molecule has 0 radical (unpaired) electrons. The molecule has 10 nitrogen and oxygen atoms in total. The Morgan fingerprint density at radius 3 is 2.73 bits per heavy atom. The molecule has 1 saturated heterocycles. The Morgan fingerprint density at radius 1 is 1.18 bits per heavy atom. The number of piperidine rings is 1. The summed E-state index contributed by atoms with van der Waals surface area (Å²) in [6.45, 7) is -0.383. The van der Waals surface area contributed by atoms with Crippen LogP contribution in [0.25, 0.3) is 22.4 Å². The lowest BCUT2D eigenvalue weighted by Gasteiger charge is -2.33. The fourth-order valence-electron chi connectivity index (χ4n) is 6.50. The molecule has 4 atom stereocenters. The largest absolute Gasteiger partial charge is 0.406 e. The Bertz CT molecular complexity index is 1640. The van der Waals surface area contributed by atoms with Crippen LogP contribution in [0.4, 0.5) is 23.2 Å². The van der Waals surface area contributed by atoms with Crippen molar-refractivity contribution in [3.8, 4) is 11.5 Å². The van der Waals surface area contributed by atoms with E-state index in [9.17, 15) is 22.4 Å². The molecule has 6 rings (SSSR count). The second kappa shape index (κ2) is 12.5. The van der Waals surface area contributed by atoms with Gasteiger partial charge in [-0.3, -0.25) is 4.79 Å². The van der Waals surface area contributed by atoms with Gasteiger partial charge in [0.15, 0.2) is 0 Å². The number of likely N-dealkylation sites (tertiary alicyclic amines) is 1. The molecule has 45 heavy (non-hydrogen) atoms. The van der Waals surface area contributed by atoms with Crippen molar-refractivity contribution >= 4 is 22.5 Å². The smallest absolute Gasteiger partial charge is 0.379 e. The van der Waals surface area contributed by atoms with Gasteiger partial charge < -0.3 is 34.1 Å². The monoisotopic (exact) mass is 630 g/mol. The van der Waals surface area contributed by atoms with Gasteiger partial charge in [-0.05, 0) is 71.1 Å². The second-order valence-corrected chi connectivity index (χ2v) is 12.4. The molecule has 14 heteroatoms. The molecule has 1 aliphatic carbocycles. The summed E-state index contributed by atoms with van der Waals surface area (Å²) in [5.74, 6) is -0.315. The normalized spacial score (nSPS) is 22.8. The zero-order valence-electron chi connectivity index (χ0n) is 25.5. The molecule has 2 N–H and O–H groups in total. The van der Waals surface area contributed by atoms with E-state index in [2.05, 4.69) is 44.3 Å². The molecule has 1 aliphatic heterocycles. The third-order valence-electron chi connectivity index (χ3n) is 8.97. The quantitative estimate of drug-likeness (QED) is 0.249. The van der Waals surface area contributed by atoms with Crippen molar-refractivity contribution in [2.24, 2.45) is 0 Å². The summed E-state index contributed by atoms with van der Waals surface area (Å²) in [6.07, 6.45) is 1.82. The van der Waals surface area contributed by atoms with Crippen LogP contribution in [0.3, 0.4) is 0 Å². The van der Waals surface area contributed by atoms with Crippen LogP contribution in [-0.2, 0) is 13.1 Å². The lowest BCUT2D eigenvalue weighted by molar-refractivity contribution is -0.139. The predicted molar refractivity (Wildman–Crippen MR) is 162 cm³/mol. The van der Waals surface area contributed by atoms with Gasteiger partial charge in [-0.25, -0.2) is 4.39 Å². The van der Waals surface area contributed by atoms with Gasteiger partial charge in [0.2, 0.25) is 11.7 Å². The van der Waals surface area contributed by atoms with E-state index in [1.54, 1.807) is 30.3 Å². The topological polar surface area (TPSA) is 96.4 Å². The van der Waals surface area contributed by atoms with Crippen LogP contribution in [0.5, 0.6) is 0 Å². The minimum absolute atomic E-state index is 0.0452.